The van der Waals surface area contributed by atoms with E-state index in [0.29, 0.717) is 6.54 Å². The third kappa shape index (κ3) is 3.42. The Morgan fingerprint density at radius 3 is 3.22 bits per heavy atom. The fraction of sp³-hybridized carbons (Fsp3) is 0.385. The number of thiophene rings is 1. The van der Waals surface area contributed by atoms with Crippen molar-refractivity contribution in [2.75, 3.05) is 13.2 Å². The van der Waals surface area contributed by atoms with Crippen LogP contribution in [0.2, 0.25) is 0 Å². The molecule has 0 aromatic carbocycles. The number of nitrogens with one attached hydrogen (secondary N) is 1. The molecule has 1 atom stereocenters. The van der Waals surface area contributed by atoms with Crippen molar-refractivity contribution in [3.63, 3.8) is 0 Å². The van der Waals surface area contributed by atoms with E-state index in [2.05, 4.69) is 5.32 Å². The molecular weight excluding hydrogens is 248 g/mol. The number of hydrogen-bond donors (Lipinski definition) is 1. The van der Waals surface area contributed by atoms with Gasteiger partial charge in [0.25, 0.3) is 5.91 Å². The number of ether oxygens (including phenoxy) is 1. The summed E-state index contributed by atoms with van der Waals surface area (Å²) in [5.74, 6) is -0.332. The largest absolute Gasteiger partial charge is 0.376 e. The second kappa shape index (κ2) is 6.34. The Bertz CT molecular complexity index is 468. The van der Waals surface area contributed by atoms with Crippen molar-refractivity contribution in [3.8, 4) is 6.07 Å². The van der Waals surface area contributed by atoms with Crippen LogP contribution in [0.4, 0.5) is 0 Å². The van der Waals surface area contributed by atoms with E-state index < -0.39 is 0 Å². The Morgan fingerprint density at radius 2 is 2.61 bits per heavy atom. The number of carbonyl (C=O) groups is 1. The first-order valence-corrected chi connectivity index (χ1v) is 6.72. The number of amides is 1. The fourth-order valence-corrected chi connectivity index (χ4v) is 2.43. The van der Waals surface area contributed by atoms with Crippen LogP contribution in [0, 0.1) is 11.3 Å². The summed E-state index contributed by atoms with van der Waals surface area (Å²) in [5, 5.41) is 13.6. The van der Waals surface area contributed by atoms with Crippen LogP contribution in [-0.4, -0.2) is 25.2 Å². The third-order valence-electron chi connectivity index (χ3n) is 2.71. The third-order valence-corrected chi connectivity index (χ3v) is 3.53. The normalized spacial score (nSPS) is 19.5. The van der Waals surface area contributed by atoms with Gasteiger partial charge in [0.15, 0.2) is 0 Å². The first-order chi connectivity index (χ1) is 8.79. The van der Waals surface area contributed by atoms with Crippen LogP contribution in [0.15, 0.2) is 23.1 Å². The standard InChI is InChI=1S/C13H14N2O2S/c14-8-10(7-12-4-2-6-18-12)13(16)15-9-11-3-1-5-17-11/h2,4,6-7,11H,1,3,5,9H2,(H,15,16)/b10-7+/t11-/m0/s1. The average molecular weight is 262 g/mol. The van der Waals surface area contributed by atoms with Crippen LogP contribution in [-0.2, 0) is 9.53 Å². The maximum atomic E-state index is 11.8. The molecule has 94 valence electrons. The van der Waals surface area contributed by atoms with Crippen LogP contribution in [0.3, 0.4) is 0 Å². The lowest BCUT2D eigenvalue weighted by molar-refractivity contribution is -0.117. The average Bonchev–Trinajstić information content (AvgIpc) is 3.06. The molecule has 1 fully saturated rings. The van der Waals surface area contributed by atoms with Crippen LogP contribution >= 0.6 is 11.3 Å². The Morgan fingerprint density at radius 1 is 1.72 bits per heavy atom. The summed E-state index contributed by atoms with van der Waals surface area (Å²) in [7, 11) is 0. The van der Waals surface area contributed by atoms with Crippen LogP contribution in [0.1, 0.15) is 17.7 Å². The molecule has 0 unspecified atom stereocenters. The zero-order valence-electron chi connectivity index (χ0n) is 9.89. The lowest BCUT2D eigenvalue weighted by atomic mass is 10.2. The summed E-state index contributed by atoms with van der Waals surface area (Å²) < 4.78 is 5.41. The number of nitriles is 1. The molecule has 1 N–H and O–H groups in total. The fourth-order valence-electron chi connectivity index (χ4n) is 1.77. The van der Waals surface area contributed by atoms with Gasteiger partial charge < -0.3 is 10.1 Å². The van der Waals surface area contributed by atoms with E-state index in [1.807, 2.05) is 23.6 Å². The minimum atomic E-state index is -0.332. The summed E-state index contributed by atoms with van der Waals surface area (Å²) >= 11 is 1.50. The van der Waals surface area contributed by atoms with E-state index >= 15 is 0 Å². The van der Waals surface area contributed by atoms with Gasteiger partial charge in [0.05, 0.1) is 6.10 Å². The smallest absolute Gasteiger partial charge is 0.262 e. The number of rotatable bonds is 4. The highest BCUT2D eigenvalue weighted by Crippen LogP contribution is 2.14. The second-order valence-electron chi connectivity index (χ2n) is 4.03. The number of hydrogen-bond acceptors (Lipinski definition) is 4. The van der Waals surface area contributed by atoms with Crippen molar-refractivity contribution in [1.82, 2.24) is 5.32 Å². The first kappa shape index (κ1) is 12.8. The van der Waals surface area contributed by atoms with E-state index in [9.17, 15) is 4.79 Å². The Labute approximate surface area is 110 Å². The van der Waals surface area contributed by atoms with Gasteiger partial charge in [-0.05, 0) is 30.4 Å². The zero-order chi connectivity index (χ0) is 12.8. The van der Waals surface area contributed by atoms with Crippen molar-refractivity contribution in [3.05, 3.63) is 28.0 Å². The number of nitrogens with zero attached hydrogens (tertiary/aromatic N) is 1. The molecule has 1 aromatic heterocycles. The molecule has 1 aliphatic rings. The molecule has 4 nitrogen and oxygen atoms in total. The molecule has 0 saturated carbocycles. The molecule has 5 heteroatoms. The van der Waals surface area contributed by atoms with E-state index in [0.717, 1.165) is 24.3 Å². The van der Waals surface area contributed by atoms with Crippen molar-refractivity contribution in [1.29, 1.82) is 5.26 Å². The van der Waals surface area contributed by atoms with Gasteiger partial charge in [0, 0.05) is 18.0 Å². The minimum absolute atomic E-state index is 0.0932. The van der Waals surface area contributed by atoms with Gasteiger partial charge in [-0.1, -0.05) is 6.07 Å². The highest BCUT2D eigenvalue weighted by atomic mass is 32.1. The van der Waals surface area contributed by atoms with E-state index in [-0.39, 0.29) is 17.6 Å². The lowest BCUT2D eigenvalue weighted by Crippen LogP contribution is -2.32. The van der Waals surface area contributed by atoms with Crippen LogP contribution in [0.5, 0.6) is 0 Å². The molecule has 2 heterocycles. The van der Waals surface area contributed by atoms with Gasteiger partial charge in [0.2, 0.25) is 0 Å². The molecule has 0 radical (unpaired) electrons. The monoisotopic (exact) mass is 262 g/mol. The zero-order valence-corrected chi connectivity index (χ0v) is 10.7. The summed E-state index contributed by atoms with van der Waals surface area (Å²) in [6.07, 6.45) is 3.71. The lowest BCUT2D eigenvalue weighted by Gasteiger charge is -2.09. The van der Waals surface area contributed by atoms with Crippen molar-refractivity contribution >= 4 is 23.3 Å². The second-order valence-corrected chi connectivity index (χ2v) is 5.01. The van der Waals surface area contributed by atoms with Gasteiger partial charge in [-0.2, -0.15) is 5.26 Å². The van der Waals surface area contributed by atoms with Crippen molar-refractivity contribution in [2.45, 2.75) is 18.9 Å². The molecule has 0 bridgehead atoms. The molecular formula is C13H14N2O2S. The predicted octanol–water partition coefficient (Wildman–Crippen LogP) is 1.95. The SMILES string of the molecule is N#C/C(=C\c1cccs1)C(=O)NC[C@@H]1CCCO1. The van der Waals surface area contributed by atoms with E-state index in [4.69, 9.17) is 10.00 Å². The molecule has 1 aromatic rings. The quantitative estimate of drug-likeness (QED) is 0.666. The molecule has 1 saturated heterocycles. The molecule has 2 rings (SSSR count). The minimum Gasteiger partial charge on any atom is -0.376 e. The maximum Gasteiger partial charge on any atom is 0.262 e. The Hall–Kier alpha value is -1.64. The van der Waals surface area contributed by atoms with E-state index in [1.54, 1.807) is 6.08 Å². The Balaban J connectivity index is 1.91. The molecule has 18 heavy (non-hydrogen) atoms. The highest BCUT2D eigenvalue weighted by Gasteiger charge is 2.17. The van der Waals surface area contributed by atoms with Crippen LogP contribution < -0.4 is 5.32 Å². The van der Waals surface area contributed by atoms with Gasteiger partial charge in [-0.15, -0.1) is 11.3 Å². The van der Waals surface area contributed by atoms with Gasteiger partial charge >= 0.3 is 0 Å². The van der Waals surface area contributed by atoms with Crippen LogP contribution in [0.25, 0.3) is 6.08 Å². The topological polar surface area (TPSA) is 62.1 Å². The first-order valence-electron chi connectivity index (χ1n) is 5.84. The maximum absolute atomic E-state index is 11.8. The molecule has 0 aliphatic carbocycles. The highest BCUT2D eigenvalue weighted by molar-refractivity contribution is 7.10. The van der Waals surface area contributed by atoms with Crippen molar-refractivity contribution in [2.24, 2.45) is 0 Å². The van der Waals surface area contributed by atoms with Gasteiger partial charge in [0.1, 0.15) is 11.6 Å². The summed E-state index contributed by atoms with van der Waals surface area (Å²) in [6.45, 7) is 1.24. The molecule has 1 amide bonds. The summed E-state index contributed by atoms with van der Waals surface area (Å²) in [4.78, 5) is 12.7. The van der Waals surface area contributed by atoms with Crippen molar-refractivity contribution < 1.29 is 9.53 Å². The Kier molecular flexibility index (Phi) is 4.51. The van der Waals surface area contributed by atoms with Gasteiger partial charge in [-0.3, -0.25) is 4.79 Å². The summed E-state index contributed by atoms with van der Waals surface area (Å²) in [5.41, 5.74) is 0.135. The number of carbonyl (C=O) groups excluding carboxylic acids is 1. The van der Waals surface area contributed by atoms with E-state index in [1.165, 1.54) is 11.3 Å². The predicted molar refractivity (Wildman–Crippen MR) is 69.9 cm³/mol. The van der Waals surface area contributed by atoms with Gasteiger partial charge in [-0.25, -0.2) is 0 Å². The molecule has 1 aliphatic heterocycles. The summed E-state index contributed by atoms with van der Waals surface area (Å²) in [6, 6.07) is 5.69. The molecule has 0 spiro atoms.